The number of aromatic nitrogens is 1. The zero-order valence-corrected chi connectivity index (χ0v) is 10.5. The van der Waals surface area contributed by atoms with Crippen LogP contribution in [0.25, 0.3) is 0 Å². The van der Waals surface area contributed by atoms with Crippen LogP contribution in [0.2, 0.25) is 5.02 Å². The summed E-state index contributed by atoms with van der Waals surface area (Å²) in [5.41, 5.74) is 3.00. The van der Waals surface area contributed by atoms with Crippen molar-refractivity contribution in [2.75, 3.05) is 0 Å². The standard InChI is InChI=1S/C14H12ClNO/c1-9-6-11(8-16-7-9)14(17)12-4-3-5-13(15)10(12)2/h3-8H,1-2H3. The van der Waals surface area contributed by atoms with Gasteiger partial charge in [-0.15, -0.1) is 0 Å². The second-order valence-corrected chi connectivity index (χ2v) is 4.40. The lowest BCUT2D eigenvalue weighted by atomic mass is 10.00. The van der Waals surface area contributed by atoms with E-state index in [9.17, 15) is 4.79 Å². The van der Waals surface area contributed by atoms with Crippen LogP contribution in [0.1, 0.15) is 27.0 Å². The Morgan fingerprint density at radius 1 is 1.24 bits per heavy atom. The first kappa shape index (κ1) is 11.8. The van der Waals surface area contributed by atoms with Gasteiger partial charge in [0.1, 0.15) is 0 Å². The molecule has 1 aromatic heterocycles. The number of pyridine rings is 1. The molecular formula is C14H12ClNO. The van der Waals surface area contributed by atoms with Crippen LogP contribution < -0.4 is 0 Å². The third-order valence-corrected chi connectivity index (χ3v) is 3.06. The first-order valence-electron chi connectivity index (χ1n) is 5.31. The number of hydrogen-bond acceptors (Lipinski definition) is 2. The molecule has 0 fully saturated rings. The molecule has 2 aromatic rings. The molecule has 0 spiro atoms. The van der Waals surface area contributed by atoms with Gasteiger partial charge in [-0.1, -0.05) is 23.7 Å². The Balaban J connectivity index is 2.48. The van der Waals surface area contributed by atoms with E-state index in [4.69, 9.17) is 11.6 Å². The molecule has 1 heterocycles. The van der Waals surface area contributed by atoms with E-state index < -0.39 is 0 Å². The van der Waals surface area contributed by atoms with Crippen molar-refractivity contribution in [1.82, 2.24) is 4.98 Å². The molecule has 2 rings (SSSR count). The number of carbonyl (C=O) groups excluding carboxylic acids is 1. The van der Waals surface area contributed by atoms with Crippen LogP contribution in [0.3, 0.4) is 0 Å². The van der Waals surface area contributed by atoms with E-state index in [1.807, 2.05) is 19.9 Å². The smallest absolute Gasteiger partial charge is 0.194 e. The summed E-state index contributed by atoms with van der Waals surface area (Å²) in [6.07, 6.45) is 3.30. The Morgan fingerprint density at radius 2 is 2.00 bits per heavy atom. The number of aryl methyl sites for hydroxylation is 1. The minimum Gasteiger partial charge on any atom is -0.289 e. The fraction of sp³-hybridized carbons (Fsp3) is 0.143. The number of ketones is 1. The summed E-state index contributed by atoms with van der Waals surface area (Å²) in [4.78, 5) is 16.3. The van der Waals surface area contributed by atoms with Crippen molar-refractivity contribution in [3.63, 3.8) is 0 Å². The van der Waals surface area contributed by atoms with Crippen molar-refractivity contribution in [2.24, 2.45) is 0 Å². The van der Waals surface area contributed by atoms with E-state index in [1.165, 1.54) is 0 Å². The van der Waals surface area contributed by atoms with Gasteiger partial charge in [0.15, 0.2) is 5.78 Å². The fourth-order valence-electron chi connectivity index (χ4n) is 1.69. The van der Waals surface area contributed by atoms with Crippen molar-refractivity contribution >= 4 is 17.4 Å². The van der Waals surface area contributed by atoms with Crippen LogP contribution in [0.4, 0.5) is 0 Å². The van der Waals surface area contributed by atoms with Gasteiger partial charge in [-0.3, -0.25) is 9.78 Å². The second-order valence-electron chi connectivity index (χ2n) is 3.99. The zero-order chi connectivity index (χ0) is 12.4. The van der Waals surface area contributed by atoms with E-state index in [-0.39, 0.29) is 5.78 Å². The van der Waals surface area contributed by atoms with Crippen molar-refractivity contribution in [2.45, 2.75) is 13.8 Å². The lowest BCUT2D eigenvalue weighted by Crippen LogP contribution is -2.04. The van der Waals surface area contributed by atoms with Gasteiger partial charge < -0.3 is 0 Å². The Labute approximate surface area is 105 Å². The molecule has 0 aliphatic heterocycles. The molecule has 2 nitrogen and oxygen atoms in total. The van der Waals surface area contributed by atoms with E-state index >= 15 is 0 Å². The Hall–Kier alpha value is -1.67. The predicted molar refractivity (Wildman–Crippen MR) is 68.6 cm³/mol. The lowest BCUT2D eigenvalue weighted by Gasteiger charge is -2.06. The van der Waals surface area contributed by atoms with Crippen LogP contribution in [-0.4, -0.2) is 10.8 Å². The molecule has 3 heteroatoms. The average molecular weight is 246 g/mol. The number of hydrogen-bond donors (Lipinski definition) is 0. The fourth-order valence-corrected chi connectivity index (χ4v) is 1.86. The maximum Gasteiger partial charge on any atom is 0.194 e. The highest BCUT2D eigenvalue weighted by atomic mass is 35.5. The van der Waals surface area contributed by atoms with Gasteiger partial charge in [-0.05, 0) is 37.1 Å². The van der Waals surface area contributed by atoms with Crippen LogP contribution in [0, 0.1) is 13.8 Å². The maximum absolute atomic E-state index is 12.3. The molecule has 86 valence electrons. The number of halogens is 1. The highest BCUT2D eigenvalue weighted by Gasteiger charge is 2.13. The quantitative estimate of drug-likeness (QED) is 0.757. The van der Waals surface area contributed by atoms with Gasteiger partial charge in [-0.25, -0.2) is 0 Å². The third-order valence-electron chi connectivity index (χ3n) is 2.65. The lowest BCUT2D eigenvalue weighted by molar-refractivity contribution is 0.103. The van der Waals surface area contributed by atoms with E-state index in [2.05, 4.69) is 4.98 Å². The Kier molecular flexibility index (Phi) is 3.25. The molecule has 0 saturated carbocycles. The van der Waals surface area contributed by atoms with Crippen LogP contribution in [0.15, 0.2) is 36.7 Å². The normalized spacial score (nSPS) is 10.3. The first-order chi connectivity index (χ1) is 8.09. The van der Waals surface area contributed by atoms with Crippen LogP contribution >= 0.6 is 11.6 Å². The monoisotopic (exact) mass is 245 g/mol. The molecule has 1 aromatic carbocycles. The SMILES string of the molecule is Cc1cncc(C(=O)c2cccc(Cl)c2C)c1. The molecule has 0 unspecified atom stereocenters. The molecular weight excluding hydrogens is 234 g/mol. The zero-order valence-electron chi connectivity index (χ0n) is 9.70. The summed E-state index contributed by atoms with van der Waals surface area (Å²) in [6, 6.07) is 7.18. The van der Waals surface area contributed by atoms with Crippen molar-refractivity contribution in [3.05, 3.63) is 63.9 Å². The van der Waals surface area contributed by atoms with Crippen molar-refractivity contribution in [3.8, 4) is 0 Å². The molecule has 0 saturated heterocycles. The molecule has 17 heavy (non-hydrogen) atoms. The molecule has 0 aliphatic carbocycles. The minimum absolute atomic E-state index is 0.0406. The third kappa shape index (κ3) is 2.37. The Morgan fingerprint density at radius 3 is 2.71 bits per heavy atom. The number of benzene rings is 1. The molecule has 0 aliphatic rings. The summed E-state index contributed by atoms with van der Waals surface area (Å²) in [5.74, 6) is -0.0406. The largest absolute Gasteiger partial charge is 0.289 e. The van der Waals surface area contributed by atoms with Crippen LogP contribution in [-0.2, 0) is 0 Å². The maximum atomic E-state index is 12.3. The summed E-state index contributed by atoms with van der Waals surface area (Å²) in [7, 11) is 0. The van der Waals surface area contributed by atoms with Gasteiger partial charge >= 0.3 is 0 Å². The first-order valence-corrected chi connectivity index (χ1v) is 5.69. The highest BCUT2D eigenvalue weighted by Crippen LogP contribution is 2.21. The van der Waals surface area contributed by atoms with Gasteiger partial charge in [-0.2, -0.15) is 0 Å². The number of rotatable bonds is 2. The Bertz CT molecular complexity index is 578. The van der Waals surface area contributed by atoms with E-state index in [0.29, 0.717) is 16.1 Å². The average Bonchev–Trinajstić information content (AvgIpc) is 2.32. The topological polar surface area (TPSA) is 30.0 Å². The predicted octanol–water partition coefficient (Wildman–Crippen LogP) is 3.58. The van der Waals surface area contributed by atoms with Gasteiger partial charge in [0.05, 0.1) is 0 Å². The summed E-state index contributed by atoms with van der Waals surface area (Å²) < 4.78 is 0. The van der Waals surface area contributed by atoms with Gasteiger partial charge in [0.2, 0.25) is 0 Å². The number of carbonyl (C=O) groups is 1. The molecule has 0 bridgehead atoms. The van der Waals surface area contributed by atoms with Crippen molar-refractivity contribution in [1.29, 1.82) is 0 Å². The van der Waals surface area contributed by atoms with E-state index in [1.54, 1.807) is 30.6 Å². The summed E-state index contributed by atoms with van der Waals surface area (Å²) >= 11 is 6.01. The van der Waals surface area contributed by atoms with Gasteiger partial charge in [0, 0.05) is 28.5 Å². The molecule has 0 radical (unpaired) electrons. The summed E-state index contributed by atoms with van der Waals surface area (Å²) in [6.45, 7) is 3.76. The molecule has 0 N–H and O–H groups in total. The second kappa shape index (κ2) is 4.68. The number of nitrogens with zero attached hydrogens (tertiary/aromatic N) is 1. The molecule has 0 amide bonds. The summed E-state index contributed by atoms with van der Waals surface area (Å²) in [5, 5.41) is 0.608. The minimum atomic E-state index is -0.0406. The molecule has 0 atom stereocenters. The van der Waals surface area contributed by atoms with Crippen molar-refractivity contribution < 1.29 is 4.79 Å². The highest BCUT2D eigenvalue weighted by molar-refractivity contribution is 6.32. The van der Waals surface area contributed by atoms with Crippen LogP contribution in [0.5, 0.6) is 0 Å². The van der Waals surface area contributed by atoms with E-state index in [0.717, 1.165) is 11.1 Å². The van der Waals surface area contributed by atoms with Gasteiger partial charge in [0.25, 0.3) is 0 Å².